The maximum Gasteiger partial charge on any atom is 0.256 e. The average Bonchev–Trinajstić information content (AvgIpc) is 3.40. The number of nitrogens with one attached hydrogen (secondary N) is 1. The van der Waals surface area contributed by atoms with Crippen molar-refractivity contribution in [2.75, 3.05) is 25.6 Å². The zero-order valence-corrected chi connectivity index (χ0v) is 19.8. The largest absolute Gasteiger partial charge is 0.382 e. The molecule has 0 aromatic carbocycles. The number of fused-ring (bicyclic) bond motifs is 2. The molecule has 1 fully saturated rings. The normalized spacial score (nSPS) is 18.7. The van der Waals surface area contributed by atoms with Gasteiger partial charge in [0.15, 0.2) is 5.65 Å². The number of rotatable bonds is 9. The van der Waals surface area contributed by atoms with Gasteiger partial charge in [-0.25, -0.2) is 28.2 Å². The standard InChI is InChI=1S/C24H29F2N7O2/c1-15-29-23-20(32(15)14-22(25)26)11-16(12-27-23)19-7-8-33-21(19)13-28-24(31-33)30-17-3-5-18(6-4-17)35-10-9-34-2/h7-8,11-13,17-18,22H,3-6,9-10,14H2,1-2H3,(H,30,31)/t17-,18+. The van der Waals surface area contributed by atoms with Crippen LogP contribution in [-0.4, -0.2) is 68.0 Å². The third-order valence-corrected chi connectivity index (χ3v) is 6.49. The summed E-state index contributed by atoms with van der Waals surface area (Å²) in [5, 5.41) is 8.07. The average molecular weight is 486 g/mol. The molecule has 5 rings (SSSR count). The van der Waals surface area contributed by atoms with E-state index in [1.165, 1.54) is 4.57 Å². The highest BCUT2D eigenvalue weighted by Gasteiger charge is 2.22. The lowest BCUT2D eigenvalue weighted by atomic mass is 9.93. The fourth-order valence-electron chi connectivity index (χ4n) is 4.70. The van der Waals surface area contributed by atoms with Gasteiger partial charge in [-0.05, 0) is 44.7 Å². The third kappa shape index (κ3) is 5.10. The quantitative estimate of drug-likeness (QED) is 0.357. The second kappa shape index (κ2) is 10.2. The van der Waals surface area contributed by atoms with Crippen LogP contribution in [0.15, 0.2) is 30.7 Å². The Labute approximate surface area is 201 Å². The van der Waals surface area contributed by atoms with E-state index < -0.39 is 13.0 Å². The van der Waals surface area contributed by atoms with E-state index in [1.54, 1.807) is 30.9 Å². The Bertz CT molecular complexity index is 1300. The molecule has 4 heterocycles. The summed E-state index contributed by atoms with van der Waals surface area (Å²) in [6, 6.07) is 4.08. The van der Waals surface area contributed by atoms with Crippen molar-refractivity contribution in [2.24, 2.45) is 0 Å². The zero-order valence-electron chi connectivity index (χ0n) is 19.8. The highest BCUT2D eigenvalue weighted by Crippen LogP contribution is 2.29. The van der Waals surface area contributed by atoms with E-state index in [1.807, 2.05) is 18.3 Å². The van der Waals surface area contributed by atoms with Gasteiger partial charge in [-0.1, -0.05) is 0 Å². The summed E-state index contributed by atoms with van der Waals surface area (Å²) in [5.74, 6) is 1.09. The lowest BCUT2D eigenvalue weighted by molar-refractivity contribution is -0.00158. The van der Waals surface area contributed by atoms with Crippen LogP contribution in [0.1, 0.15) is 31.5 Å². The van der Waals surface area contributed by atoms with E-state index in [0.29, 0.717) is 42.2 Å². The molecule has 1 saturated carbocycles. The molecule has 9 nitrogen and oxygen atoms in total. The summed E-state index contributed by atoms with van der Waals surface area (Å²) in [7, 11) is 1.68. The van der Waals surface area contributed by atoms with Crippen molar-refractivity contribution in [3.05, 3.63) is 36.5 Å². The van der Waals surface area contributed by atoms with Crippen molar-refractivity contribution < 1.29 is 18.3 Å². The van der Waals surface area contributed by atoms with Crippen LogP contribution in [0.3, 0.4) is 0 Å². The Morgan fingerprint density at radius 3 is 2.71 bits per heavy atom. The first-order chi connectivity index (χ1) is 17.0. The molecule has 1 N–H and O–H groups in total. The van der Waals surface area contributed by atoms with Gasteiger partial charge in [0.1, 0.15) is 5.82 Å². The fourth-order valence-corrected chi connectivity index (χ4v) is 4.70. The molecule has 11 heteroatoms. The predicted octanol–water partition coefficient (Wildman–Crippen LogP) is 4.10. The topological polar surface area (TPSA) is 91.4 Å². The van der Waals surface area contributed by atoms with Crippen LogP contribution in [0, 0.1) is 6.92 Å². The molecular formula is C24H29F2N7O2. The first-order valence-electron chi connectivity index (χ1n) is 11.8. The highest BCUT2D eigenvalue weighted by atomic mass is 19.3. The van der Waals surface area contributed by atoms with E-state index in [2.05, 4.69) is 25.4 Å². The Kier molecular flexibility index (Phi) is 6.87. The summed E-state index contributed by atoms with van der Waals surface area (Å²) >= 11 is 0. The summed E-state index contributed by atoms with van der Waals surface area (Å²) in [4.78, 5) is 13.2. The molecule has 0 radical (unpaired) electrons. The Balaban J connectivity index is 1.31. The number of methoxy groups -OCH3 is 1. The molecule has 4 aromatic rings. The molecule has 0 atom stereocenters. The zero-order chi connectivity index (χ0) is 24.4. The number of alkyl halides is 2. The molecule has 1 aliphatic rings. The van der Waals surface area contributed by atoms with Gasteiger partial charge < -0.3 is 19.4 Å². The number of ether oxygens (including phenoxy) is 2. The Morgan fingerprint density at radius 1 is 1.11 bits per heavy atom. The number of imidazole rings is 1. The maximum atomic E-state index is 13.1. The van der Waals surface area contributed by atoms with Gasteiger partial charge >= 0.3 is 0 Å². The fraction of sp³-hybridized carbons (Fsp3) is 0.500. The predicted molar refractivity (Wildman–Crippen MR) is 128 cm³/mol. The molecule has 0 amide bonds. The smallest absolute Gasteiger partial charge is 0.256 e. The van der Waals surface area contributed by atoms with Crippen molar-refractivity contribution in [3.63, 3.8) is 0 Å². The highest BCUT2D eigenvalue weighted by molar-refractivity contribution is 5.85. The van der Waals surface area contributed by atoms with Gasteiger partial charge in [0, 0.05) is 36.7 Å². The first kappa shape index (κ1) is 23.6. The molecule has 186 valence electrons. The molecule has 0 bridgehead atoms. The van der Waals surface area contributed by atoms with Crippen LogP contribution in [0.5, 0.6) is 0 Å². The minimum atomic E-state index is -2.47. The minimum Gasteiger partial charge on any atom is -0.382 e. The molecule has 35 heavy (non-hydrogen) atoms. The van der Waals surface area contributed by atoms with Crippen LogP contribution in [0.4, 0.5) is 14.7 Å². The molecule has 0 saturated heterocycles. The second-order valence-corrected chi connectivity index (χ2v) is 8.85. The number of anilines is 1. The van der Waals surface area contributed by atoms with Crippen molar-refractivity contribution >= 4 is 22.6 Å². The Hall–Kier alpha value is -3.18. The van der Waals surface area contributed by atoms with E-state index in [4.69, 9.17) is 9.47 Å². The number of hydrogen-bond acceptors (Lipinski definition) is 7. The van der Waals surface area contributed by atoms with Gasteiger partial charge in [-0.3, -0.25) is 0 Å². The number of aromatic nitrogens is 6. The third-order valence-electron chi connectivity index (χ3n) is 6.49. The summed E-state index contributed by atoms with van der Waals surface area (Å²) < 4.78 is 40.3. The summed E-state index contributed by atoms with van der Waals surface area (Å²) in [6.45, 7) is 2.55. The first-order valence-corrected chi connectivity index (χ1v) is 11.8. The van der Waals surface area contributed by atoms with Gasteiger partial charge in [0.05, 0.1) is 43.1 Å². The van der Waals surface area contributed by atoms with Gasteiger partial charge in [0.25, 0.3) is 6.43 Å². The van der Waals surface area contributed by atoms with E-state index >= 15 is 0 Å². The number of nitrogens with zero attached hydrogens (tertiary/aromatic N) is 6. The number of hydrogen-bond donors (Lipinski definition) is 1. The number of aryl methyl sites for hydroxylation is 1. The van der Waals surface area contributed by atoms with E-state index in [9.17, 15) is 8.78 Å². The monoisotopic (exact) mass is 485 g/mol. The van der Waals surface area contributed by atoms with Crippen LogP contribution in [-0.2, 0) is 16.0 Å². The van der Waals surface area contributed by atoms with E-state index in [-0.39, 0.29) is 6.10 Å². The molecule has 0 aliphatic heterocycles. The maximum absolute atomic E-state index is 13.1. The molecule has 0 unspecified atom stereocenters. The van der Waals surface area contributed by atoms with Crippen molar-refractivity contribution in [1.29, 1.82) is 0 Å². The lowest BCUT2D eigenvalue weighted by Crippen LogP contribution is -2.31. The molecule has 4 aromatic heterocycles. The SMILES string of the molecule is COCCO[C@H]1CC[C@@H](Nc2ncc3c(-c4cnc5nc(C)n(CC(F)F)c5c4)ccn3n2)CC1. The van der Waals surface area contributed by atoms with Crippen LogP contribution in [0.2, 0.25) is 0 Å². The van der Waals surface area contributed by atoms with Gasteiger partial charge in [-0.15, -0.1) is 5.10 Å². The Morgan fingerprint density at radius 2 is 1.94 bits per heavy atom. The van der Waals surface area contributed by atoms with Crippen LogP contribution < -0.4 is 5.32 Å². The molecule has 0 spiro atoms. The van der Waals surface area contributed by atoms with Gasteiger partial charge in [0.2, 0.25) is 5.95 Å². The van der Waals surface area contributed by atoms with E-state index in [0.717, 1.165) is 42.3 Å². The number of halogens is 2. The van der Waals surface area contributed by atoms with Crippen molar-refractivity contribution in [3.8, 4) is 11.1 Å². The summed E-state index contributed by atoms with van der Waals surface area (Å²) in [5.41, 5.74) is 3.52. The van der Waals surface area contributed by atoms with Crippen LogP contribution >= 0.6 is 0 Å². The molecular weight excluding hydrogens is 456 g/mol. The lowest BCUT2D eigenvalue weighted by Gasteiger charge is -2.29. The van der Waals surface area contributed by atoms with Gasteiger partial charge in [-0.2, -0.15) is 0 Å². The number of pyridine rings is 1. The summed E-state index contributed by atoms with van der Waals surface area (Å²) in [6.07, 6.45) is 7.13. The van der Waals surface area contributed by atoms with Crippen molar-refractivity contribution in [1.82, 2.24) is 29.1 Å². The minimum absolute atomic E-state index is 0.283. The van der Waals surface area contributed by atoms with Crippen molar-refractivity contribution in [2.45, 2.75) is 57.7 Å². The second-order valence-electron chi connectivity index (χ2n) is 8.85. The van der Waals surface area contributed by atoms with Crippen LogP contribution in [0.25, 0.3) is 27.8 Å². The molecule has 1 aliphatic carbocycles.